The molecule has 0 bridgehead atoms. The van der Waals surface area contributed by atoms with Crippen LogP contribution in [0.2, 0.25) is 0 Å². The van der Waals surface area contributed by atoms with Gasteiger partial charge >= 0.3 is 5.97 Å². The van der Waals surface area contributed by atoms with Crippen molar-refractivity contribution in [3.63, 3.8) is 0 Å². The normalized spacial score (nSPS) is 16.2. The molecule has 0 aliphatic heterocycles. The first-order valence-corrected chi connectivity index (χ1v) is 10.00. The van der Waals surface area contributed by atoms with E-state index >= 15 is 0 Å². The Morgan fingerprint density at radius 2 is 2.00 bits per heavy atom. The number of hydrogen-bond acceptors (Lipinski definition) is 4. The summed E-state index contributed by atoms with van der Waals surface area (Å²) in [6.45, 7) is 5.82. The van der Waals surface area contributed by atoms with E-state index in [1.54, 1.807) is 6.92 Å². The van der Waals surface area contributed by atoms with E-state index in [9.17, 15) is 9.59 Å². The Morgan fingerprint density at radius 1 is 1.27 bits per heavy atom. The van der Waals surface area contributed by atoms with Gasteiger partial charge in [0, 0.05) is 10.8 Å². The molecule has 0 saturated carbocycles. The fourth-order valence-corrected chi connectivity index (χ4v) is 4.68. The van der Waals surface area contributed by atoms with E-state index < -0.39 is 0 Å². The van der Waals surface area contributed by atoms with Crippen molar-refractivity contribution < 1.29 is 14.3 Å². The van der Waals surface area contributed by atoms with Crippen LogP contribution < -0.4 is 5.32 Å². The molecule has 1 amide bonds. The Bertz CT molecular complexity index is 795. The van der Waals surface area contributed by atoms with Crippen LogP contribution in [0.3, 0.4) is 0 Å². The Morgan fingerprint density at radius 3 is 2.65 bits per heavy atom. The molecule has 0 fully saturated rings. The highest BCUT2D eigenvalue weighted by Crippen LogP contribution is 2.42. The van der Waals surface area contributed by atoms with Gasteiger partial charge in [0.2, 0.25) is 5.91 Å². The van der Waals surface area contributed by atoms with Crippen LogP contribution in [0.4, 0.5) is 5.00 Å². The molecular formula is C21H25NO3S. The number of esters is 1. The molecule has 3 rings (SSSR count). The van der Waals surface area contributed by atoms with Crippen LogP contribution in [0.25, 0.3) is 0 Å². The standard InChI is InChI=1S/C21H25NO3S/c1-4-25-21(24)18-16-11-10-15(14-8-6-5-7-9-14)12-17(16)26-20(18)22-19(23)13(2)3/h5-9,13,15H,4,10-12H2,1-3H3,(H,22,23)/t15-/m1/s1. The molecular weight excluding hydrogens is 346 g/mol. The lowest BCUT2D eigenvalue weighted by molar-refractivity contribution is -0.118. The molecule has 1 atom stereocenters. The molecule has 138 valence electrons. The summed E-state index contributed by atoms with van der Waals surface area (Å²) in [5.41, 5.74) is 2.95. The second kappa shape index (κ2) is 8.04. The van der Waals surface area contributed by atoms with Crippen LogP contribution in [-0.2, 0) is 22.4 Å². The molecule has 1 heterocycles. The summed E-state index contributed by atoms with van der Waals surface area (Å²) in [4.78, 5) is 25.9. The van der Waals surface area contributed by atoms with Crippen molar-refractivity contribution in [1.82, 2.24) is 0 Å². The Balaban J connectivity index is 1.93. The van der Waals surface area contributed by atoms with Crippen molar-refractivity contribution in [2.24, 2.45) is 5.92 Å². The highest BCUT2D eigenvalue weighted by molar-refractivity contribution is 7.17. The molecule has 1 aromatic heterocycles. The number of amides is 1. The quantitative estimate of drug-likeness (QED) is 0.769. The van der Waals surface area contributed by atoms with E-state index in [1.165, 1.54) is 21.8 Å². The van der Waals surface area contributed by atoms with Gasteiger partial charge in [-0.1, -0.05) is 44.2 Å². The Hall–Kier alpha value is -2.14. The van der Waals surface area contributed by atoms with Gasteiger partial charge in [-0.25, -0.2) is 4.79 Å². The number of ether oxygens (including phenoxy) is 1. The number of anilines is 1. The van der Waals surface area contributed by atoms with Gasteiger partial charge in [0.15, 0.2) is 0 Å². The number of nitrogens with one attached hydrogen (secondary N) is 1. The van der Waals surface area contributed by atoms with Gasteiger partial charge in [-0.2, -0.15) is 0 Å². The minimum absolute atomic E-state index is 0.0752. The van der Waals surface area contributed by atoms with Gasteiger partial charge in [0.25, 0.3) is 0 Å². The molecule has 1 N–H and O–H groups in total. The Labute approximate surface area is 158 Å². The minimum Gasteiger partial charge on any atom is -0.462 e. The van der Waals surface area contributed by atoms with Crippen molar-refractivity contribution in [2.75, 3.05) is 11.9 Å². The topological polar surface area (TPSA) is 55.4 Å². The Kier molecular flexibility index (Phi) is 5.77. The molecule has 0 unspecified atom stereocenters. The monoisotopic (exact) mass is 371 g/mol. The molecule has 0 spiro atoms. The first-order valence-electron chi connectivity index (χ1n) is 9.18. The van der Waals surface area contributed by atoms with Crippen LogP contribution in [0.15, 0.2) is 30.3 Å². The first-order chi connectivity index (χ1) is 12.5. The zero-order valence-corrected chi connectivity index (χ0v) is 16.3. The lowest BCUT2D eigenvalue weighted by atomic mass is 9.83. The molecule has 1 aliphatic rings. The maximum Gasteiger partial charge on any atom is 0.341 e. The van der Waals surface area contributed by atoms with Gasteiger partial charge in [-0.15, -0.1) is 11.3 Å². The maximum atomic E-state index is 12.5. The van der Waals surface area contributed by atoms with E-state index in [4.69, 9.17) is 4.74 Å². The molecule has 0 saturated heterocycles. The van der Waals surface area contributed by atoms with Crippen LogP contribution in [-0.4, -0.2) is 18.5 Å². The largest absolute Gasteiger partial charge is 0.462 e. The van der Waals surface area contributed by atoms with Crippen LogP contribution in [0.5, 0.6) is 0 Å². The molecule has 0 radical (unpaired) electrons. The maximum absolute atomic E-state index is 12.5. The zero-order valence-electron chi connectivity index (χ0n) is 15.5. The van der Waals surface area contributed by atoms with Gasteiger partial charge in [-0.05, 0) is 43.2 Å². The number of benzene rings is 1. The van der Waals surface area contributed by atoms with Gasteiger partial charge in [-0.3, -0.25) is 4.79 Å². The van der Waals surface area contributed by atoms with Crippen LogP contribution in [0, 0.1) is 5.92 Å². The van der Waals surface area contributed by atoms with E-state index in [-0.39, 0.29) is 17.8 Å². The third-order valence-corrected chi connectivity index (χ3v) is 5.95. The fourth-order valence-electron chi connectivity index (χ4n) is 3.36. The molecule has 4 nitrogen and oxygen atoms in total. The van der Waals surface area contributed by atoms with Crippen molar-refractivity contribution in [1.29, 1.82) is 0 Å². The summed E-state index contributed by atoms with van der Waals surface area (Å²) in [6.07, 6.45) is 2.72. The van der Waals surface area contributed by atoms with Crippen molar-refractivity contribution >= 4 is 28.2 Å². The minimum atomic E-state index is -0.331. The lowest BCUT2D eigenvalue weighted by Gasteiger charge is -2.23. The summed E-state index contributed by atoms with van der Waals surface area (Å²) in [6, 6.07) is 10.5. The summed E-state index contributed by atoms with van der Waals surface area (Å²) in [5.74, 6) is -0.0942. The zero-order chi connectivity index (χ0) is 18.7. The summed E-state index contributed by atoms with van der Waals surface area (Å²) < 4.78 is 5.26. The summed E-state index contributed by atoms with van der Waals surface area (Å²) in [5, 5.41) is 3.58. The number of carbonyl (C=O) groups is 2. The van der Waals surface area contributed by atoms with E-state index in [1.807, 2.05) is 19.9 Å². The predicted molar refractivity (Wildman–Crippen MR) is 105 cm³/mol. The smallest absolute Gasteiger partial charge is 0.341 e. The molecule has 1 aliphatic carbocycles. The number of fused-ring (bicyclic) bond motifs is 1. The first kappa shape index (κ1) is 18.6. The number of hydrogen-bond donors (Lipinski definition) is 1. The van der Waals surface area contributed by atoms with Gasteiger partial charge < -0.3 is 10.1 Å². The van der Waals surface area contributed by atoms with Crippen molar-refractivity contribution in [3.05, 3.63) is 51.9 Å². The molecule has 1 aromatic carbocycles. The second-order valence-electron chi connectivity index (χ2n) is 6.92. The third kappa shape index (κ3) is 3.83. The summed E-state index contributed by atoms with van der Waals surface area (Å²) in [7, 11) is 0. The predicted octanol–water partition coefficient (Wildman–Crippen LogP) is 4.79. The summed E-state index contributed by atoms with van der Waals surface area (Å²) >= 11 is 1.53. The number of thiophene rings is 1. The third-order valence-electron chi connectivity index (χ3n) is 4.78. The number of rotatable bonds is 5. The van der Waals surface area contributed by atoms with Gasteiger partial charge in [0.05, 0.1) is 12.2 Å². The van der Waals surface area contributed by atoms with E-state index in [0.717, 1.165) is 24.8 Å². The SMILES string of the molecule is CCOC(=O)c1c(NC(=O)C(C)C)sc2c1CC[C@@H](c1ccccc1)C2. The highest BCUT2D eigenvalue weighted by atomic mass is 32.1. The van der Waals surface area contributed by atoms with E-state index in [0.29, 0.717) is 23.1 Å². The highest BCUT2D eigenvalue weighted by Gasteiger charge is 2.31. The lowest BCUT2D eigenvalue weighted by Crippen LogP contribution is -2.19. The molecule has 2 aromatic rings. The molecule has 5 heteroatoms. The second-order valence-corrected chi connectivity index (χ2v) is 8.03. The molecule has 26 heavy (non-hydrogen) atoms. The van der Waals surface area contributed by atoms with Crippen LogP contribution in [0.1, 0.15) is 59.5 Å². The van der Waals surface area contributed by atoms with Crippen molar-refractivity contribution in [2.45, 2.75) is 46.0 Å². The fraction of sp³-hybridized carbons (Fsp3) is 0.429. The van der Waals surface area contributed by atoms with Crippen molar-refractivity contribution in [3.8, 4) is 0 Å². The van der Waals surface area contributed by atoms with Crippen LogP contribution >= 0.6 is 11.3 Å². The van der Waals surface area contributed by atoms with Gasteiger partial charge in [0.1, 0.15) is 5.00 Å². The van der Waals surface area contributed by atoms with E-state index in [2.05, 4.69) is 29.6 Å². The average molecular weight is 372 g/mol. The average Bonchev–Trinajstić information content (AvgIpc) is 2.99. The number of carbonyl (C=O) groups excluding carboxylic acids is 2.